The van der Waals surface area contributed by atoms with Crippen LogP contribution in [0.15, 0.2) is 0 Å². The van der Waals surface area contributed by atoms with Gasteiger partial charge in [-0.25, -0.2) is 0 Å². The topological polar surface area (TPSA) is 23.5 Å². The van der Waals surface area contributed by atoms with Gasteiger partial charge in [0.05, 0.1) is 6.10 Å². The molecule has 5 unspecified atom stereocenters. The van der Waals surface area contributed by atoms with E-state index in [-0.39, 0.29) is 6.10 Å². The van der Waals surface area contributed by atoms with E-state index < -0.39 is 0 Å². The van der Waals surface area contributed by atoms with Crippen molar-refractivity contribution in [2.45, 2.75) is 50.3 Å². The van der Waals surface area contributed by atoms with Crippen LogP contribution in [0.3, 0.4) is 0 Å². The molecule has 5 atom stereocenters. The van der Waals surface area contributed by atoms with Gasteiger partial charge < -0.3 is 5.11 Å². The Labute approximate surface area is 103 Å². The summed E-state index contributed by atoms with van der Waals surface area (Å²) in [7, 11) is 2.27. The van der Waals surface area contributed by atoms with E-state index in [1.54, 1.807) is 0 Å². The van der Waals surface area contributed by atoms with Crippen LogP contribution in [0.5, 0.6) is 0 Å². The Hall–Kier alpha value is 0.270. The molecule has 3 heterocycles. The molecule has 2 bridgehead atoms. The first-order valence-corrected chi connectivity index (χ1v) is 7.90. The van der Waals surface area contributed by atoms with Gasteiger partial charge in [-0.2, -0.15) is 11.8 Å². The summed E-state index contributed by atoms with van der Waals surface area (Å²) >= 11 is 2.10. The summed E-state index contributed by atoms with van der Waals surface area (Å²) in [5, 5.41) is 10.4. The maximum atomic E-state index is 10.4. The number of hydrogen-bond acceptors (Lipinski definition) is 3. The molecule has 3 aliphatic heterocycles. The second-order valence-corrected chi connectivity index (χ2v) is 6.97. The Morgan fingerprint density at radius 3 is 2.88 bits per heavy atom. The molecule has 3 heteroatoms. The molecule has 0 saturated carbocycles. The first-order valence-electron chi connectivity index (χ1n) is 6.75. The molecule has 3 rings (SSSR count). The average molecular weight is 241 g/mol. The third kappa shape index (κ3) is 1.81. The molecule has 1 N–H and O–H groups in total. The van der Waals surface area contributed by atoms with E-state index in [1.165, 1.54) is 37.2 Å². The maximum Gasteiger partial charge on any atom is 0.0601 e. The quantitative estimate of drug-likeness (QED) is 0.759. The van der Waals surface area contributed by atoms with Gasteiger partial charge in [-0.05, 0) is 56.6 Å². The van der Waals surface area contributed by atoms with Crippen molar-refractivity contribution in [2.75, 3.05) is 18.6 Å². The largest absolute Gasteiger partial charge is 0.393 e. The lowest BCUT2D eigenvalue weighted by Gasteiger charge is -2.45. The summed E-state index contributed by atoms with van der Waals surface area (Å²) in [6.45, 7) is 0. The number of thioether (sulfide) groups is 1. The van der Waals surface area contributed by atoms with Crippen LogP contribution < -0.4 is 0 Å². The van der Waals surface area contributed by atoms with Gasteiger partial charge in [-0.1, -0.05) is 0 Å². The molecule has 3 aliphatic rings. The van der Waals surface area contributed by atoms with Crippen molar-refractivity contribution in [1.29, 1.82) is 0 Å². The molecule has 0 spiro atoms. The van der Waals surface area contributed by atoms with Crippen molar-refractivity contribution in [3.05, 3.63) is 0 Å². The normalized spacial score (nSPS) is 49.5. The van der Waals surface area contributed by atoms with Gasteiger partial charge in [0.1, 0.15) is 0 Å². The van der Waals surface area contributed by atoms with Crippen LogP contribution >= 0.6 is 11.8 Å². The van der Waals surface area contributed by atoms with E-state index in [1.807, 2.05) is 0 Å². The van der Waals surface area contributed by atoms with Gasteiger partial charge in [0, 0.05) is 18.0 Å². The van der Waals surface area contributed by atoms with E-state index in [4.69, 9.17) is 0 Å². The van der Waals surface area contributed by atoms with Crippen LogP contribution in [-0.2, 0) is 0 Å². The summed E-state index contributed by atoms with van der Waals surface area (Å²) in [5.74, 6) is 3.97. The zero-order valence-electron chi connectivity index (χ0n) is 10.1. The first-order chi connectivity index (χ1) is 7.77. The third-order valence-corrected chi connectivity index (χ3v) is 6.28. The van der Waals surface area contributed by atoms with E-state index in [9.17, 15) is 5.11 Å². The number of nitrogens with zero attached hydrogens (tertiary/aromatic N) is 1. The minimum atomic E-state index is -0.0163. The molecule has 0 aromatic carbocycles. The second kappa shape index (κ2) is 4.51. The summed E-state index contributed by atoms with van der Waals surface area (Å²) < 4.78 is 0. The highest BCUT2D eigenvalue weighted by Crippen LogP contribution is 2.44. The van der Waals surface area contributed by atoms with Crippen molar-refractivity contribution in [2.24, 2.45) is 11.8 Å². The van der Waals surface area contributed by atoms with E-state index in [0.29, 0.717) is 18.0 Å². The summed E-state index contributed by atoms with van der Waals surface area (Å²) in [5.41, 5.74) is 0. The van der Waals surface area contributed by atoms with Crippen LogP contribution in [-0.4, -0.2) is 46.7 Å². The van der Waals surface area contributed by atoms with Gasteiger partial charge >= 0.3 is 0 Å². The number of fused-ring (bicyclic) bond motifs is 2. The highest BCUT2D eigenvalue weighted by molar-refractivity contribution is 7.99. The fourth-order valence-electron chi connectivity index (χ4n) is 4.18. The number of piperidine rings is 1. The molecule has 0 aromatic rings. The lowest BCUT2D eigenvalue weighted by molar-refractivity contribution is -0.0312. The first kappa shape index (κ1) is 11.4. The van der Waals surface area contributed by atoms with Crippen LogP contribution in [0.4, 0.5) is 0 Å². The maximum absolute atomic E-state index is 10.4. The molecule has 92 valence electrons. The summed E-state index contributed by atoms with van der Waals surface area (Å²) in [6, 6.07) is 1.35. The third-order valence-electron chi connectivity index (χ3n) is 5.04. The van der Waals surface area contributed by atoms with Crippen LogP contribution in [0.25, 0.3) is 0 Å². The van der Waals surface area contributed by atoms with Crippen molar-refractivity contribution in [3.8, 4) is 0 Å². The van der Waals surface area contributed by atoms with Crippen LogP contribution in [0.1, 0.15) is 32.1 Å². The highest BCUT2D eigenvalue weighted by atomic mass is 32.2. The average Bonchev–Trinajstić information content (AvgIpc) is 2.56. The molecule has 3 saturated heterocycles. The Kier molecular flexibility index (Phi) is 3.20. The molecule has 0 amide bonds. The number of aliphatic hydroxyl groups excluding tert-OH is 1. The molecular formula is C13H23NOS. The molecule has 2 nitrogen and oxygen atoms in total. The minimum absolute atomic E-state index is 0.0163. The summed E-state index contributed by atoms with van der Waals surface area (Å²) in [6.07, 6.45) is 6.36. The van der Waals surface area contributed by atoms with Crippen molar-refractivity contribution in [1.82, 2.24) is 4.90 Å². The SMILES string of the molecule is CN1C2CCC1C(C1CCCSC1)C(O)C2. The molecule has 16 heavy (non-hydrogen) atoms. The van der Waals surface area contributed by atoms with E-state index in [0.717, 1.165) is 12.3 Å². The Morgan fingerprint density at radius 1 is 1.25 bits per heavy atom. The lowest BCUT2D eigenvalue weighted by atomic mass is 9.77. The highest BCUT2D eigenvalue weighted by Gasteiger charge is 2.47. The molecule has 0 aliphatic carbocycles. The second-order valence-electron chi connectivity index (χ2n) is 5.82. The monoisotopic (exact) mass is 241 g/mol. The lowest BCUT2D eigenvalue weighted by Crippen LogP contribution is -2.52. The number of rotatable bonds is 1. The van der Waals surface area contributed by atoms with Gasteiger partial charge in [-0.3, -0.25) is 4.90 Å². The van der Waals surface area contributed by atoms with Crippen molar-refractivity contribution in [3.63, 3.8) is 0 Å². The number of hydrogen-bond donors (Lipinski definition) is 1. The minimum Gasteiger partial charge on any atom is -0.393 e. The number of aliphatic hydroxyl groups is 1. The molecule has 0 aromatic heterocycles. The zero-order valence-corrected chi connectivity index (χ0v) is 11.0. The smallest absolute Gasteiger partial charge is 0.0601 e. The molecular weight excluding hydrogens is 218 g/mol. The molecule has 0 radical (unpaired) electrons. The Morgan fingerprint density at radius 2 is 2.12 bits per heavy atom. The van der Waals surface area contributed by atoms with Gasteiger partial charge in [0.2, 0.25) is 0 Å². The zero-order chi connectivity index (χ0) is 11.1. The van der Waals surface area contributed by atoms with E-state index >= 15 is 0 Å². The van der Waals surface area contributed by atoms with Crippen molar-refractivity contribution < 1.29 is 5.11 Å². The van der Waals surface area contributed by atoms with E-state index in [2.05, 4.69) is 23.7 Å². The standard InChI is InChI=1S/C13H23NOS/c1-14-10-4-5-11(14)13(12(15)7-10)9-3-2-6-16-8-9/h9-13,15H,2-8H2,1H3. The van der Waals surface area contributed by atoms with Gasteiger partial charge in [0.25, 0.3) is 0 Å². The van der Waals surface area contributed by atoms with Gasteiger partial charge in [-0.15, -0.1) is 0 Å². The fraction of sp³-hybridized carbons (Fsp3) is 1.00. The predicted octanol–water partition coefficient (Wildman–Crippen LogP) is 1.97. The predicted molar refractivity (Wildman–Crippen MR) is 68.7 cm³/mol. The van der Waals surface area contributed by atoms with Gasteiger partial charge in [0.15, 0.2) is 0 Å². The van der Waals surface area contributed by atoms with Crippen molar-refractivity contribution >= 4 is 11.8 Å². The Bertz CT molecular complexity index is 254. The fourth-order valence-corrected chi connectivity index (χ4v) is 5.41. The van der Waals surface area contributed by atoms with Crippen LogP contribution in [0.2, 0.25) is 0 Å². The van der Waals surface area contributed by atoms with Crippen LogP contribution in [0, 0.1) is 11.8 Å². The molecule has 3 fully saturated rings. The summed E-state index contributed by atoms with van der Waals surface area (Å²) in [4.78, 5) is 2.57. The Balaban J connectivity index is 1.76.